The molecule has 0 aliphatic heterocycles. The Morgan fingerprint density at radius 2 is 2.30 bits per heavy atom. The SMILES string of the molecule is CCc1ncc(N)c(C)n1. The van der Waals surface area contributed by atoms with Gasteiger partial charge in [0.2, 0.25) is 0 Å². The summed E-state index contributed by atoms with van der Waals surface area (Å²) >= 11 is 0. The molecule has 1 aromatic rings. The van der Waals surface area contributed by atoms with Crippen LogP contribution in [0.4, 0.5) is 5.69 Å². The normalized spacial score (nSPS) is 9.80. The van der Waals surface area contributed by atoms with Crippen LogP contribution >= 0.6 is 0 Å². The minimum absolute atomic E-state index is 0.664. The van der Waals surface area contributed by atoms with E-state index in [0.29, 0.717) is 5.69 Å². The lowest BCUT2D eigenvalue weighted by molar-refractivity contribution is 0.921. The largest absolute Gasteiger partial charge is 0.396 e. The quantitative estimate of drug-likeness (QED) is 0.626. The first-order chi connectivity index (χ1) is 4.74. The van der Waals surface area contributed by atoms with Crippen LogP contribution in [0.1, 0.15) is 18.4 Å². The van der Waals surface area contributed by atoms with Gasteiger partial charge in [-0.25, -0.2) is 9.97 Å². The van der Waals surface area contributed by atoms with Crippen LogP contribution in [0.3, 0.4) is 0 Å². The van der Waals surface area contributed by atoms with Crippen LogP contribution in [0.2, 0.25) is 0 Å². The van der Waals surface area contributed by atoms with E-state index >= 15 is 0 Å². The van der Waals surface area contributed by atoms with Crippen molar-refractivity contribution in [2.75, 3.05) is 5.73 Å². The van der Waals surface area contributed by atoms with Crippen LogP contribution in [0, 0.1) is 6.92 Å². The summed E-state index contributed by atoms with van der Waals surface area (Å²) in [4.78, 5) is 8.18. The molecule has 0 atom stereocenters. The average molecular weight is 137 g/mol. The summed E-state index contributed by atoms with van der Waals surface area (Å²) in [6, 6.07) is 0. The van der Waals surface area contributed by atoms with Gasteiger partial charge in [-0.1, -0.05) is 6.92 Å². The van der Waals surface area contributed by atoms with Gasteiger partial charge in [0.1, 0.15) is 5.82 Å². The third kappa shape index (κ3) is 1.23. The molecule has 1 rings (SSSR count). The Hall–Kier alpha value is -1.12. The highest BCUT2D eigenvalue weighted by Crippen LogP contribution is 2.04. The second kappa shape index (κ2) is 2.64. The number of nitrogen functional groups attached to an aromatic ring is 1. The van der Waals surface area contributed by atoms with Gasteiger partial charge < -0.3 is 5.73 Å². The molecule has 0 saturated carbocycles. The fourth-order valence-corrected chi connectivity index (χ4v) is 0.695. The van der Waals surface area contributed by atoms with Gasteiger partial charge in [0.05, 0.1) is 17.6 Å². The standard InChI is InChI=1S/C7H11N3/c1-3-7-9-4-6(8)5(2)10-7/h4H,3,8H2,1-2H3. The second-order valence-corrected chi connectivity index (χ2v) is 2.18. The van der Waals surface area contributed by atoms with Crippen LogP contribution in [-0.4, -0.2) is 9.97 Å². The minimum atomic E-state index is 0.664. The topological polar surface area (TPSA) is 51.8 Å². The Kier molecular flexibility index (Phi) is 1.85. The zero-order valence-corrected chi connectivity index (χ0v) is 6.26. The molecule has 0 aromatic carbocycles. The number of hydrogen-bond acceptors (Lipinski definition) is 3. The van der Waals surface area contributed by atoms with Gasteiger partial charge in [0.25, 0.3) is 0 Å². The highest BCUT2D eigenvalue weighted by atomic mass is 14.9. The fraction of sp³-hybridized carbons (Fsp3) is 0.429. The number of nitrogens with zero attached hydrogens (tertiary/aromatic N) is 2. The molecular formula is C7H11N3. The number of aromatic nitrogens is 2. The molecule has 0 aliphatic carbocycles. The van der Waals surface area contributed by atoms with Gasteiger partial charge in [-0.2, -0.15) is 0 Å². The Labute approximate surface area is 60.3 Å². The van der Waals surface area contributed by atoms with Gasteiger partial charge in [0, 0.05) is 6.42 Å². The van der Waals surface area contributed by atoms with Crippen LogP contribution in [0.25, 0.3) is 0 Å². The van der Waals surface area contributed by atoms with Crippen molar-refractivity contribution in [3.8, 4) is 0 Å². The van der Waals surface area contributed by atoms with Gasteiger partial charge in [-0.15, -0.1) is 0 Å². The fourth-order valence-electron chi connectivity index (χ4n) is 0.695. The predicted molar refractivity (Wildman–Crippen MR) is 40.6 cm³/mol. The van der Waals surface area contributed by atoms with E-state index in [9.17, 15) is 0 Å². The maximum absolute atomic E-state index is 5.52. The lowest BCUT2D eigenvalue weighted by atomic mass is 10.3. The molecule has 2 N–H and O–H groups in total. The molecule has 3 heteroatoms. The zero-order valence-electron chi connectivity index (χ0n) is 6.26. The summed E-state index contributed by atoms with van der Waals surface area (Å²) < 4.78 is 0. The van der Waals surface area contributed by atoms with Crippen molar-refractivity contribution >= 4 is 5.69 Å². The molecular weight excluding hydrogens is 126 g/mol. The molecule has 0 spiro atoms. The van der Waals surface area contributed by atoms with E-state index in [-0.39, 0.29) is 0 Å². The Balaban J connectivity index is 3.04. The summed E-state index contributed by atoms with van der Waals surface area (Å²) in [5.74, 6) is 0.853. The van der Waals surface area contributed by atoms with E-state index in [4.69, 9.17) is 5.73 Å². The first-order valence-electron chi connectivity index (χ1n) is 3.32. The molecule has 10 heavy (non-hydrogen) atoms. The zero-order chi connectivity index (χ0) is 7.56. The molecule has 0 amide bonds. The third-order valence-electron chi connectivity index (χ3n) is 1.38. The van der Waals surface area contributed by atoms with E-state index in [0.717, 1.165) is 17.9 Å². The maximum atomic E-state index is 5.52. The number of anilines is 1. The van der Waals surface area contributed by atoms with Gasteiger partial charge in [-0.3, -0.25) is 0 Å². The summed E-state index contributed by atoms with van der Waals surface area (Å²) in [5, 5.41) is 0. The van der Waals surface area contributed by atoms with Gasteiger partial charge in [-0.05, 0) is 6.92 Å². The minimum Gasteiger partial charge on any atom is -0.396 e. The van der Waals surface area contributed by atoms with Crippen molar-refractivity contribution in [3.05, 3.63) is 17.7 Å². The smallest absolute Gasteiger partial charge is 0.128 e. The van der Waals surface area contributed by atoms with Crippen molar-refractivity contribution in [3.63, 3.8) is 0 Å². The molecule has 0 fully saturated rings. The average Bonchev–Trinajstić information content (AvgIpc) is 1.95. The molecule has 0 saturated heterocycles. The number of hydrogen-bond donors (Lipinski definition) is 1. The van der Waals surface area contributed by atoms with Gasteiger partial charge >= 0.3 is 0 Å². The Morgan fingerprint density at radius 1 is 1.60 bits per heavy atom. The first kappa shape index (κ1) is 6.99. The van der Waals surface area contributed by atoms with Gasteiger partial charge in [0.15, 0.2) is 0 Å². The highest BCUT2D eigenvalue weighted by molar-refractivity contribution is 5.38. The van der Waals surface area contributed by atoms with Crippen LogP contribution in [-0.2, 0) is 6.42 Å². The van der Waals surface area contributed by atoms with E-state index in [2.05, 4.69) is 9.97 Å². The summed E-state index contributed by atoms with van der Waals surface area (Å²) in [6.45, 7) is 3.90. The summed E-state index contributed by atoms with van der Waals surface area (Å²) in [7, 11) is 0. The van der Waals surface area contributed by atoms with Crippen molar-refractivity contribution in [2.45, 2.75) is 20.3 Å². The van der Waals surface area contributed by atoms with Crippen LogP contribution in [0.5, 0.6) is 0 Å². The highest BCUT2D eigenvalue weighted by Gasteiger charge is 1.95. The lowest BCUT2D eigenvalue weighted by Crippen LogP contribution is -1.99. The van der Waals surface area contributed by atoms with E-state index < -0.39 is 0 Å². The molecule has 0 unspecified atom stereocenters. The van der Waals surface area contributed by atoms with E-state index in [1.54, 1.807) is 6.20 Å². The van der Waals surface area contributed by atoms with Crippen molar-refractivity contribution in [1.29, 1.82) is 0 Å². The first-order valence-corrected chi connectivity index (χ1v) is 3.32. The molecule has 0 aliphatic rings. The lowest BCUT2D eigenvalue weighted by Gasteiger charge is -1.98. The Morgan fingerprint density at radius 3 is 2.80 bits per heavy atom. The van der Waals surface area contributed by atoms with Crippen LogP contribution in [0.15, 0.2) is 6.20 Å². The summed E-state index contributed by atoms with van der Waals surface area (Å²) in [5.41, 5.74) is 7.05. The Bertz CT molecular complexity index is 232. The summed E-state index contributed by atoms with van der Waals surface area (Å²) in [6.07, 6.45) is 2.52. The predicted octanol–water partition coefficient (Wildman–Crippen LogP) is 0.930. The third-order valence-corrected chi connectivity index (χ3v) is 1.38. The molecule has 1 aromatic heterocycles. The van der Waals surface area contributed by atoms with Crippen molar-refractivity contribution in [1.82, 2.24) is 9.97 Å². The molecule has 1 heterocycles. The molecule has 54 valence electrons. The number of nitrogens with two attached hydrogens (primary N) is 1. The van der Waals surface area contributed by atoms with Crippen LogP contribution < -0.4 is 5.73 Å². The monoisotopic (exact) mass is 137 g/mol. The molecule has 0 bridgehead atoms. The number of aryl methyl sites for hydroxylation is 2. The number of rotatable bonds is 1. The molecule has 0 radical (unpaired) electrons. The van der Waals surface area contributed by atoms with E-state index in [1.165, 1.54) is 0 Å². The molecule has 3 nitrogen and oxygen atoms in total. The van der Waals surface area contributed by atoms with E-state index in [1.807, 2.05) is 13.8 Å². The second-order valence-electron chi connectivity index (χ2n) is 2.18. The van der Waals surface area contributed by atoms with Crippen molar-refractivity contribution < 1.29 is 0 Å². The maximum Gasteiger partial charge on any atom is 0.128 e. The van der Waals surface area contributed by atoms with Crippen molar-refractivity contribution in [2.24, 2.45) is 0 Å².